The molecule has 0 aliphatic rings. The molecule has 0 atom stereocenters. The highest BCUT2D eigenvalue weighted by atomic mass is 16.4. The van der Waals surface area contributed by atoms with Crippen LogP contribution in [0.1, 0.15) is 5.69 Å². The predicted molar refractivity (Wildman–Crippen MR) is 74.4 cm³/mol. The van der Waals surface area contributed by atoms with Crippen LogP contribution in [0.4, 0.5) is 0 Å². The summed E-state index contributed by atoms with van der Waals surface area (Å²) in [5.41, 5.74) is 1.67. The minimum absolute atomic E-state index is 0.342. The first-order valence-corrected chi connectivity index (χ1v) is 6.05. The summed E-state index contributed by atoms with van der Waals surface area (Å²) >= 11 is 0. The monoisotopic (exact) mass is 250 g/mol. The summed E-state index contributed by atoms with van der Waals surface area (Å²) in [7, 11) is 0. The van der Waals surface area contributed by atoms with Gasteiger partial charge in [-0.1, -0.05) is 30.3 Å². The van der Waals surface area contributed by atoms with Gasteiger partial charge in [0.15, 0.2) is 0 Å². The molecular weight excluding hydrogens is 240 g/mol. The maximum absolute atomic E-state index is 12.1. The molecule has 0 saturated heterocycles. The number of H-pyrrole nitrogens is 1. The van der Waals surface area contributed by atoms with E-state index in [-0.39, 0.29) is 5.63 Å². The van der Waals surface area contributed by atoms with Gasteiger partial charge >= 0.3 is 5.63 Å². The van der Waals surface area contributed by atoms with E-state index in [0.29, 0.717) is 16.5 Å². The number of benzene rings is 2. The van der Waals surface area contributed by atoms with E-state index in [1.807, 2.05) is 43.3 Å². The van der Waals surface area contributed by atoms with Crippen LogP contribution >= 0.6 is 0 Å². The number of rotatable bonds is 0. The van der Waals surface area contributed by atoms with Gasteiger partial charge in [-0.2, -0.15) is 5.10 Å². The first kappa shape index (κ1) is 10.3. The van der Waals surface area contributed by atoms with Gasteiger partial charge in [0.05, 0.1) is 0 Å². The molecule has 4 aromatic rings. The van der Waals surface area contributed by atoms with E-state index in [0.717, 1.165) is 21.9 Å². The normalized spacial score (nSPS) is 11.6. The van der Waals surface area contributed by atoms with E-state index < -0.39 is 0 Å². The van der Waals surface area contributed by atoms with Crippen LogP contribution in [0.2, 0.25) is 0 Å². The Balaban J connectivity index is 2.37. The van der Waals surface area contributed by atoms with Gasteiger partial charge in [-0.05, 0) is 18.4 Å². The molecule has 0 aliphatic carbocycles. The Hall–Kier alpha value is -2.62. The molecule has 92 valence electrons. The van der Waals surface area contributed by atoms with Crippen molar-refractivity contribution in [3.05, 3.63) is 52.5 Å². The molecule has 4 heteroatoms. The van der Waals surface area contributed by atoms with Crippen molar-refractivity contribution in [3.8, 4) is 0 Å². The van der Waals surface area contributed by atoms with E-state index in [1.165, 1.54) is 0 Å². The van der Waals surface area contributed by atoms with E-state index >= 15 is 0 Å². The summed E-state index contributed by atoms with van der Waals surface area (Å²) in [4.78, 5) is 12.1. The van der Waals surface area contributed by atoms with Gasteiger partial charge in [0, 0.05) is 16.5 Å². The highest BCUT2D eigenvalue weighted by Gasteiger charge is 2.14. The van der Waals surface area contributed by atoms with Crippen molar-refractivity contribution in [3.63, 3.8) is 0 Å². The molecule has 0 radical (unpaired) electrons. The molecule has 2 aromatic carbocycles. The fourth-order valence-electron chi connectivity index (χ4n) is 2.56. The lowest BCUT2D eigenvalue weighted by Gasteiger charge is -2.02. The second-order valence-corrected chi connectivity index (χ2v) is 4.63. The molecular formula is C15H10N2O2. The zero-order valence-corrected chi connectivity index (χ0v) is 10.2. The highest BCUT2D eigenvalue weighted by molar-refractivity contribution is 6.12. The van der Waals surface area contributed by atoms with Gasteiger partial charge in [0.2, 0.25) is 0 Å². The molecule has 0 saturated carbocycles. The second kappa shape index (κ2) is 3.45. The van der Waals surface area contributed by atoms with Gasteiger partial charge in [0.1, 0.15) is 16.5 Å². The van der Waals surface area contributed by atoms with Gasteiger partial charge < -0.3 is 4.42 Å². The van der Waals surface area contributed by atoms with Gasteiger partial charge in [-0.3, -0.25) is 5.10 Å². The Kier molecular flexibility index (Phi) is 1.87. The maximum atomic E-state index is 12.1. The summed E-state index contributed by atoms with van der Waals surface area (Å²) in [6, 6.07) is 11.8. The Morgan fingerprint density at radius 3 is 2.84 bits per heavy atom. The summed E-state index contributed by atoms with van der Waals surface area (Å²) < 4.78 is 5.51. The van der Waals surface area contributed by atoms with Crippen molar-refractivity contribution in [1.82, 2.24) is 10.2 Å². The number of aryl methyl sites for hydroxylation is 1. The molecule has 0 amide bonds. The zero-order valence-electron chi connectivity index (χ0n) is 10.2. The summed E-state index contributed by atoms with van der Waals surface area (Å²) in [5.74, 6) is 0. The van der Waals surface area contributed by atoms with Crippen molar-refractivity contribution in [2.24, 2.45) is 0 Å². The Morgan fingerprint density at radius 1 is 1.11 bits per heavy atom. The topological polar surface area (TPSA) is 58.9 Å². The summed E-state index contributed by atoms with van der Waals surface area (Å²) in [5, 5.41) is 10.4. The van der Waals surface area contributed by atoms with E-state index in [1.54, 1.807) is 0 Å². The first-order valence-electron chi connectivity index (χ1n) is 6.05. The van der Waals surface area contributed by atoms with Crippen LogP contribution in [0.3, 0.4) is 0 Å². The fourth-order valence-corrected chi connectivity index (χ4v) is 2.56. The van der Waals surface area contributed by atoms with Crippen LogP contribution in [0, 0.1) is 6.92 Å². The lowest BCUT2D eigenvalue weighted by Crippen LogP contribution is -1.99. The van der Waals surface area contributed by atoms with E-state index in [2.05, 4.69) is 10.2 Å². The number of fused-ring (bicyclic) bond motifs is 5. The van der Waals surface area contributed by atoms with Crippen LogP contribution in [0.15, 0.2) is 45.6 Å². The van der Waals surface area contributed by atoms with E-state index in [9.17, 15) is 4.79 Å². The van der Waals surface area contributed by atoms with Gasteiger partial charge in [0.25, 0.3) is 0 Å². The van der Waals surface area contributed by atoms with Crippen molar-refractivity contribution in [2.45, 2.75) is 6.92 Å². The molecule has 2 heterocycles. The number of aromatic nitrogens is 2. The van der Waals surface area contributed by atoms with Crippen LogP contribution in [0.25, 0.3) is 32.6 Å². The minimum Gasteiger partial charge on any atom is -0.421 e. The molecule has 1 N–H and O–H groups in total. The van der Waals surface area contributed by atoms with Crippen molar-refractivity contribution < 1.29 is 4.42 Å². The summed E-state index contributed by atoms with van der Waals surface area (Å²) in [6.07, 6.45) is 0. The standard InChI is InChI=1S/C15H10N2O2/c1-8-12-13(17-16-8)11-7-6-9-4-2-3-5-10(9)14(11)19-15(12)18/h2-7H,1H3,(H,16,17). The molecule has 19 heavy (non-hydrogen) atoms. The van der Waals surface area contributed by atoms with E-state index in [4.69, 9.17) is 4.42 Å². The number of aromatic amines is 1. The molecule has 4 nitrogen and oxygen atoms in total. The third-order valence-electron chi connectivity index (χ3n) is 3.48. The van der Waals surface area contributed by atoms with Crippen LogP contribution in [0.5, 0.6) is 0 Å². The van der Waals surface area contributed by atoms with Crippen molar-refractivity contribution in [1.29, 1.82) is 0 Å². The highest BCUT2D eigenvalue weighted by Crippen LogP contribution is 2.28. The number of nitrogens with one attached hydrogen (secondary N) is 1. The predicted octanol–water partition coefficient (Wildman–Crippen LogP) is 3.13. The SMILES string of the molecule is Cc1[nH]nc2c1c(=O)oc1c3ccccc3ccc21. The molecule has 0 spiro atoms. The van der Waals surface area contributed by atoms with Crippen LogP contribution < -0.4 is 5.63 Å². The molecule has 0 bridgehead atoms. The molecule has 0 aliphatic heterocycles. The molecule has 4 rings (SSSR count). The number of nitrogens with zero attached hydrogens (tertiary/aromatic N) is 1. The lowest BCUT2D eigenvalue weighted by atomic mass is 10.1. The molecule has 2 aromatic heterocycles. The van der Waals surface area contributed by atoms with Crippen molar-refractivity contribution in [2.75, 3.05) is 0 Å². The Labute approximate surface area is 107 Å². The Bertz CT molecular complexity index is 995. The smallest absolute Gasteiger partial charge is 0.347 e. The van der Waals surface area contributed by atoms with Gasteiger partial charge in [-0.25, -0.2) is 4.79 Å². The quantitative estimate of drug-likeness (QED) is 0.385. The largest absolute Gasteiger partial charge is 0.421 e. The fraction of sp³-hybridized carbons (Fsp3) is 0.0667. The maximum Gasteiger partial charge on any atom is 0.347 e. The van der Waals surface area contributed by atoms with Crippen LogP contribution in [-0.4, -0.2) is 10.2 Å². The van der Waals surface area contributed by atoms with Gasteiger partial charge in [-0.15, -0.1) is 0 Å². The number of hydrogen-bond acceptors (Lipinski definition) is 3. The Morgan fingerprint density at radius 2 is 1.95 bits per heavy atom. The first-order chi connectivity index (χ1) is 9.25. The third kappa shape index (κ3) is 1.28. The summed E-state index contributed by atoms with van der Waals surface area (Å²) in [6.45, 7) is 1.82. The minimum atomic E-state index is -0.342. The second-order valence-electron chi connectivity index (χ2n) is 4.63. The zero-order chi connectivity index (χ0) is 13.0. The third-order valence-corrected chi connectivity index (χ3v) is 3.48. The average Bonchev–Trinajstić information content (AvgIpc) is 2.82. The lowest BCUT2D eigenvalue weighted by molar-refractivity contribution is 0.572. The number of hydrogen-bond donors (Lipinski definition) is 1. The molecule has 0 fully saturated rings. The molecule has 0 unspecified atom stereocenters. The average molecular weight is 250 g/mol. The van der Waals surface area contributed by atoms with Crippen molar-refractivity contribution >= 4 is 32.6 Å². The van der Waals surface area contributed by atoms with Crippen LogP contribution in [-0.2, 0) is 0 Å².